The molecule has 1 unspecified atom stereocenters. The van der Waals surface area contributed by atoms with E-state index in [1.807, 2.05) is 19.1 Å². The lowest BCUT2D eigenvalue weighted by Crippen LogP contribution is -2.38. The van der Waals surface area contributed by atoms with Crippen LogP contribution < -0.4 is 20.3 Å². The molecule has 2 aromatic rings. The number of guanidine groups is 1. The molecule has 3 rings (SSSR count). The summed E-state index contributed by atoms with van der Waals surface area (Å²) in [5.74, 6) is 1.42. The molecule has 2 heterocycles. The minimum Gasteiger partial charge on any atom is -0.478 e. The average Bonchev–Trinajstić information content (AvgIpc) is 3.27. The maximum Gasteiger partial charge on any atom is 0.218 e. The summed E-state index contributed by atoms with van der Waals surface area (Å²) in [5, 5.41) is 6.84. The number of aliphatic imine (C=N–C) groups is 1. The summed E-state index contributed by atoms with van der Waals surface area (Å²) in [6.07, 6.45) is 4.32. The lowest BCUT2D eigenvalue weighted by molar-refractivity contribution is 0.322. The van der Waals surface area contributed by atoms with E-state index in [2.05, 4.69) is 56.7 Å². The molecule has 1 aromatic heterocycles. The van der Waals surface area contributed by atoms with Crippen molar-refractivity contribution in [2.24, 2.45) is 4.99 Å². The molecule has 6 nitrogen and oxygen atoms in total. The minimum atomic E-state index is 0. The second-order valence-electron chi connectivity index (χ2n) is 6.98. The molecule has 2 N–H and O–H groups in total. The van der Waals surface area contributed by atoms with Crippen molar-refractivity contribution < 1.29 is 4.74 Å². The van der Waals surface area contributed by atoms with Crippen LogP contribution in [0.4, 0.5) is 5.69 Å². The summed E-state index contributed by atoms with van der Waals surface area (Å²) in [7, 11) is 1.79. The van der Waals surface area contributed by atoms with Gasteiger partial charge in [-0.2, -0.15) is 0 Å². The Labute approximate surface area is 191 Å². The topological polar surface area (TPSA) is 61.8 Å². The van der Waals surface area contributed by atoms with Gasteiger partial charge in [-0.25, -0.2) is 4.98 Å². The molecule has 29 heavy (non-hydrogen) atoms. The van der Waals surface area contributed by atoms with Crippen LogP contribution in [0.25, 0.3) is 0 Å². The van der Waals surface area contributed by atoms with Gasteiger partial charge in [0.2, 0.25) is 5.88 Å². The number of hydrogen-bond acceptors (Lipinski definition) is 4. The van der Waals surface area contributed by atoms with Gasteiger partial charge < -0.3 is 20.3 Å². The lowest BCUT2D eigenvalue weighted by Gasteiger charge is -2.22. The van der Waals surface area contributed by atoms with Crippen molar-refractivity contribution in [1.82, 2.24) is 15.6 Å². The van der Waals surface area contributed by atoms with Gasteiger partial charge in [-0.1, -0.05) is 18.2 Å². The standard InChI is InChI=1S/C22H31N5O.HI/c1-4-28-21-19(10-8-12-24-21)16-25-22(23-3)26-17(2)18-9-7-11-20(15-18)27-13-5-6-14-27;/h7-12,15,17H,4-6,13-14,16H2,1-3H3,(H2,23,25,26);1H. The molecule has 1 aliphatic rings. The number of nitrogens with zero attached hydrogens (tertiary/aromatic N) is 3. The molecular formula is C22H32IN5O. The number of benzene rings is 1. The third-order valence-corrected chi connectivity index (χ3v) is 5.00. The van der Waals surface area contributed by atoms with Crippen LogP contribution in [0, 0.1) is 0 Å². The monoisotopic (exact) mass is 509 g/mol. The first-order valence-electron chi connectivity index (χ1n) is 10.1. The fourth-order valence-electron chi connectivity index (χ4n) is 3.45. The first-order chi connectivity index (χ1) is 13.7. The number of rotatable bonds is 7. The molecule has 1 fully saturated rings. The Morgan fingerprint density at radius 3 is 2.76 bits per heavy atom. The predicted octanol–water partition coefficient (Wildman–Crippen LogP) is 4.12. The summed E-state index contributed by atoms with van der Waals surface area (Å²) in [4.78, 5) is 11.1. The Hall–Kier alpha value is -2.03. The lowest BCUT2D eigenvalue weighted by atomic mass is 10.1. The second kappa shape index (κ2) is 11.8. The normalized spacial score (nSPS) is 14.9. The maximum atomic E-state index is 5.60. The summed E-state index contributed by atoms with van der Waals surface area (Å²) < 4.78 is 5.60. The zero-order valence-electron chi connectivity index (χ0n) is 17.5. The molecule has 0 saturated carbocycles. The smallest absolute Gasteiger partial charge is 0.218 e. The molecule has 0 spiro atoms. The zero-order chi connectivity index (χ0) is 19.8. The zero-order valence-corrected chi connectivity index (χ0v) is 19.8. The highest BCUT2D eigenvalue weighted by Crippen LogP contribution is 2.24. The molecule has 1 aliphatic heterocycles. The highest BCUT2D eigenvalue weighted by atomic mass is 127. The van der Waals surface area contributed by atoms with Crippen LogP contribution in [0.15, 0.2) is 47.6 Å². The molecule has 0 bridgehead atoms. The van der Waals surface area contributed by atoms with Crippen LogP contribution >= 0.6 is 24.0 Å². The van der Waals surface area contributed by atoms with E-state index in [0.29, 0.717) is 19.0 Å². The van der Waals surface area contributed by atoms with Gasteiger partial charge in [-0.3, -0.25) is 4.99 Å². The molecule has 1 atom stereocenters. The van der Waals surface area contributed by atoms with Gasteiger partial charge in [0.1, 0.15) is 0 Å². The predicted molar refractivity (Wildman–Crippen MR) is 130 cm³/mol. The first-order valence-corrected chi connectivity index (χ1v) is 10.1. The van der Waals surface area contributed by atoms with Gasteiger partial charge in [-0.05, 0) is 50.5 Å². The van der Waals surface area contributed by atoms with Crippen LogP contribution in [-0.4, -0.2) is 37.7 Å². The van der Waals surface area contributed by atoms with Crippen molar-refractivity contribution in [2.45, 2.75) is 39.3 Å². The highest BCUT2D eigenvalue weighted by Gasteiger charge is 2.14. The van der Waals surface area contributed by atoms with E-state index in [9.17, 15) is 0 Å². The van der Waals surface area contributed by atoms with Crippen molar-refractivity contribution in [3.63, 3.8) is 0 Å². The largest absolute Gasteiger partial charge is 0.478 e. The van der Waals surface area contributed by atoms with Crippen molar-refractivity contribution in [3.8, 4) is 5.88 Å². The number of anilines is 1. The summed E-state index contributed by atoms with van der Waals surface area (Å²) in [6, 6.07) is 12.9. The van der Waals surface area contributed by atoms with E-state index < -0.39 is 0 Å². The van der Waals surface area contributed by atoms with Gasteiger partial charge in [0.15, 0.2) is 5.96 Å². The third kappa shape index (κ3) is 6.48. The Kier molecular flexibility index (Phi) is 9.50. The molecular weight excluding hydrogens is 477 g/mol. The summed E-state index contributed by atoms with van der Waals surface area (Å²) >= 11 is 0. The molecule has 1 aromatic carbocycles. The Morgan fingerprint density at radius 2 is 2.03 bits per heavy atom. The van der Waals surface area contributed by atoms with Crippen LogP contribution in [-0.2, 0) is 6.54 Å². The van der Waals surface area contributed by atoms with Crippen molar-refractivity contribution >= 4 is 35.6 Å². The van der Waals surface area contributed by atoms with Crippen molar-refractivity contribution in [2.75, 3.05) is 31.6 Å². The molecule has 1 saturated heterocycles. The summed E-state index contributed by atoms with van der Waals surface area (Å²) in [6.45, 7) is 7.63. The van der Waals surface area contributed by atoms with Gasteiger partial charge in [0.05, 0.1) is 12.6 Å². The van der Waals surface area contributed by atoms with Gasteiger partial charge >= 0.3 is 0 Å². The van der Waals surface area contributed by atoms with E-state index in [-0.39, 0.29) is 30.0 Å². The number of hydrogen-bond donors (Lipinski definition) is 2. The Morgan fingerprint density at radius 1 is 1.24 bits per heavy atom. The summed E-state index contributed by atoms with van der Waals surface area (Å²) in [5.41, 5.74) is 3.57. The van der Waals surface area contributed by atoms with E-state index in [0.717, 1.165) is 24.6 Å². The molecule has 158 valence electrons. The van der Waals surface area contributed by atoms with E-state index in [1.54, 1.807) is 13.2 Å². The SMILES string of the molecule is CCOc1ncccc1CNC(=NC)NC(C)c1cccc(N2CCCC2)c1.I. The fraction of sp³-hybridized carbons (Fsp3) is 0.455. The quantitative estimate of drug-likeness (QED) is 0.334. The Balaban J connectivity index is 0.00000300. The van der Waals surface area contributed by atoms with E-state index in [4.69, 9.17) is 4.74 Å². The average molecular weight is 509 g/mol. The van der Waals surface area contributed by atoms with Crippen LogP contribution in [0.3, 0.4) is 0 Å². The molecule has 7 heteroatoms. The van der Waals surface area contributed by atoms with Crippen molar-refractivity contribution in [1.29, 1.82) is 0 Å². The van der Waals surface area contributed by atoms with Crippen LogP contribution in [0.5, 0.6) is 5.88 Å². The number of aromatic nitrogens is 1. The van der Waals surface area contributed by atoms with E-state index in [1.165, 1.54) is 24.1 Å². The maximum absolute atomic E-state index is 5.60. The Bertz CT molecular complexity index is 792. The fourth-order valence-corrected chi connectivity index (χ4v) is 3.45. The number of pyridine rings is 1. The van der Waals surface area contributed by atoms with Gasteiger partial charge in [0.25, 0.3) is 0 Å². The van der Waals surface area contributed by atoms with E-state index >= 15 is 0 Å². The molecule has 0 amide bonds. The highest BCUT2D eigenvalue weighted by molar-refractivity contribution is 14.0. The molecule has 0 aliphatic carbocycles. The van der Waals surface area contributed by atoms with Crippen LogP contribution in [0.2, 0.25) is 0 Å². The number of nitrogens with one attached hydrogen (secondary N) is 2. The first kappa shape index (κ1) is 23.3. The number of halogens is 1. The van der Waals surface area contributed by atoms with Crippen molar-refractivity contribution in [3.05, 3.63) is 53.7 Å². The van der Waals surface area contributed by atoms with Gasteiger partial charge in [0, 0.05) is 44.1 Å². The van der Waals surface area contributed by atoms with Gasteiger partial charge in [-0.15, -0.1) is 24.0 Å². The third-order valence-electron chi connectivity index (χ3n) is 5.00. The van der Waals surface area contributed by atoms with Crippen LogP contribution in [0.1, 0.15) is 43.9 Å². The second-order valence-corrected chi connectivity index (χ2v) is 6.98. The number of ether oxygens (including phenoxy) is 1. The molecule has 0 radical (unpaired) electrons. The minimum absolute atomic E-state index is 0.